The van der Waals surface area contributed by atoms with Gasteiger partial charge in [-0.2, -0.15) is 5.26 Å². The first-order valence-corrected chi connectivity index (χ1v) is 7.09. The van der Waals surface area contributed by atoms with Gasteiger partial charge in [0.2, 0.25) is 10.0 Å². The molecule has 0 atom stereocenters. The van der Waals surface area contributed by atoms with Crippen molar-refractivity contribution in [1.29, 1.82) is 5.26 Å². The summed E-state index contributed by atoms with van der Waals surface area (Å²) < 4.78 is 26.1. The molecule has 19 heavy (non-hydrogen) atoms. The lowest BCUT2D eigenvalue weighted by molar-refractivity contribution is 0.577. The van der Waals surface area contributed by atoms with E-state index in [1.807, 2.05) is 6.07 Å². The molecular weight excluding hydrogens is 266 g/mol. The fraction of sp³-hybridized carbons (Fsp3) is 0.364. The number of unbranched alkanes of at least 4 members (excludes halogenated alkanes) is 1. The minimum absolute atomic E-state index is 0.126. The van der Waals surface area contributed by atoms with Crippen LogP contribution in [0.4, 0.5) is 0 Å². The summed E-state index contributed by atoms with van der Waals surface area (Å²) in [6.45, 7) is 0.637. The number of nitriles is 1. The third-order valence-electron chi connectivity index (χ3n) is 2.33. The van der Waals surface area contributed by atoms with E-state index in [0.29, 0.717) is 24.9 Å². The van der Waals surface area contributed by atoms with Crippen LogP contribution in [0.25, 0.3) is 10.4 Å². The lowest BCUT2D eigenvalue weighted by Gasteiger charge is -2.06. The summed E-state index contributed by atoms with van der Waals surface area (Å²) in [7, 11) is -3.54. The minimum atomic E-state index is -3.54. The molecule has 0 aromatic heterocycles. The quantitative estimate of drug-likeness (QED) is 0.355. The van der Waals surface area contributed by atoms with Gasteiger partial charge in [-0.05, 0) is 42.6 Å². The van der Waals surface area contributed by atoms with Crippen molar-refractivity contribution in [3.8, 4) is 6.07 Å². The second-order valence-corrected chi connectivity index (χ2v) is 5.46. The van der Waals surface area contributed by atoms with E-state index in [2.05, 4.69) is 14.7 Å². The van der Waals surface area contributed by atoms with Crippen molar-refractivity contribution in [3.05, 3.63) is 40.3 Å². The number of nitrogens with one attached hydrogen (secondary N) is 1. The molecule has 0 amide bonds. The molecule has 0 aliphatic carbocycles. The van der Waals surface area contributed by atoms with Crippen molar-refractivity contribution in [3.63, 3.8) is 0 Å². The Morgan fingerprint density at radius 2 is 2.00 bits per heavy atom. The molecule has 0 spiro atoms. The van der Waals surface area contributed by atoms with Crippen LogP contribution in [0.15, 0.2) is 34.3 Å². The molecule has 1 aromatic carbocycles. The normalized spacial score (nSPS) is 10.5. The predicted molar refractivity (Wildman–Crippen MR) is 69.6 cm³/mol. The molecule has 8 heteroatoms. The molecule has 100 valence electrons. The smallest absolute Gasteiger partial charge is 0.211 e. The van der Waals surface area contributed by atoms with Crippen LogP contribution in [0.3, 0.4) is 0 Å². The van der Waals surface area contributed by atoms with Gasteiger partial charge in [0, 0.05) is 18.0 Å². The van der Waals surface area contributed by atoms with Crippen LogP contribution in [-0.2, 0) is 10.0 Å². The molecule has 7 nitrogen and oxygen atoms in total. The maximum atomic E-state index is 11.8. The van der Waals surface area contributed by atoms with E-state index in [1.54, 1.807) is 0 Å². The summed E-state index contributed by atoms with van der Waals surface area (Å²) in [6, 6.07) is 7.61. The first-order chi connectivity index (χ1) is 9.10. The van der Waals surface area contributed by atoms with E-state index in [0.717, 1.165) is 0 Å². The van der Waals surface area contributed by atoms with Crippen molar-refractivity contribution in [2.75, 3.05) is 13.1 Å². The van der Waals surface area contributed by atoms with Crippen molar-refractivity contribution in [2.45, 2.75) is 17.7 Å². The molecule has 0 bridgehead atoms. The largest absolute Gasteiger partial charge is 0.240 e. The maximum absolute atomic E-state index is 11.8. The summed E-state index contributed by atoms with van der Waals surface area (Å²) in [6.07, 6.45) is 1.22. The monoisotopic (exact) mass is 279 g/mol. The van der Waals surface area contributed by atoms with Crippen molar-refractivity contribution in [1.82, 2.24) is 4.72 Å². The average Bonchev–Trinajstić information content (AvgIpc) is 2.43. The summed E-state index contributed by atoms with van der Waals surface area (Å²) in [5.74, 6) is 0. The van der Waals surface area contributed by atoms with Crippen LogP contribution >= 0.6 is 0 Å². The second kappa shape index (κ2) is 7.38. The van der Waals surface area contributed by atoms with Gasteiger partial charge in [0.15, 0.2) is 0 Å². The fourth-order valence-electron chi connectivity index (χ4n) is 1.35. The van der Waals surface area contributed by atoms with Gasteiger partial charge in [-0.1, -0.05) is 5.11 Å². The number of sulfonamides is 1. The first-order valence-electron chi connectivity index (χ1n) is 5.61. The minimum Gasteiger partial charge on any atom is -0.211 e. The van der Waals surface area contributed by atoms with Crippen LogP contribution in [0.1, 0.15) is 18.4 Å². The zero-order valence-electron chi connectivity index (χ0n) is 10.2. The molecule has 0 heterocycles. The fourth-order valence-corrected chi connectivity index (χ4v) is 2.42. The second-order valence-electron chi connectivity index (χ2n) is 3.70. The highest BCUT2D eigenvalue weighted by atomic mass is 32.2. The summed E-state index contributed by atoms with van der Waals surface area (Å²) in [4.78, 5) is 2.73. The Labute approximate surface area is 111 Å². The average molecular weight is 279 g/mol. The Balaban J connectivity index is 2.51. The first kappa shape index (κ1) is 15.0. The van der Waals surface area contributed by atoms with Crippen LogP contribution in [0, 0.1) is 11.3 Å². The summed E-state index contributed by atoms with van der Waals surface area (Å²) in [5, 5.41) is 12.0. The molecular formula is C11H13N5O2S. The Morgan fingerprint density at radius 1 is 1.32 bits per heavy atom. The highest BCUT2D eigenvalue weighted by Gasteiger charge is 2.12. The van der Waals surface area contributed by atoms with Crippen molar-refractivity contribution >= 4 is 10.0 Å². The van der Waals surface area contributed by atoms with Gasteiger partial charge in [0.1, 0.15) is 0 Å². The van der Waals surface area contributed by atoms with Crippen LogP contribution in [0.5, 0.6) is 0 Å². The van der Waals surface area contributed by atoms with Crippen LogP contribution in [0.2, 0.25) is 0 Å². The number of benzene rings is 1. The highest BCUT2D eigenvalue weighted by molar-refractivity contribution is 7.89. The molecule has 1 aromatic rings. The Hall–Kier alpha value is -2.07. The van der Waals surface area contributed by atoms with Gasteiger partial charge in [0.05, 0.1) is 16.5 Å². The number of hydrogen-bond donors (Lipinski definition) is 1. The third kappa shape index (κ3) is 4.97. The van der Waals surface area contributed by atoms with E-state index in [4.69, 9.17) is 10.8 Å². The number of rotatable bonds is 7. The van der Waals surface area contributed by atoms with E-state index in [9.17, 15) is 8.42 Å². The Kier molecular flexibility index (Phi) is 5.82. The van der Waals surface area contributed by atoms with Gasteiger partial charge >= 0.3 is 0 Å². The van der Waals surface area contributed by atoms with Gasteiger partial charge in [-0.25, -0.2) is 13.1 Å². The number of nitrogens with zero attached hydrogens (tertiary/aromatic N) is 4. The molecule has 0 unspecified atom stereocenters. The van der Waals surface area contributed by atoms with E-state index in [1.165, 1.54) is 24.3 Å². The number of hydrogen-bond acceptors (Lipinski definition) is 4. The summed E-state index contributed by atoms with van der Waals surface area (Å²) in [5.41, 5.74) is 8.48. The molecule has 0 aliphatic rings. The zero-order chi connectivity index (χ0) is 14.1. The van der Waals surface area contributed by atoms with E-state index >= 15 is 0 Å². The SMILES string of the molecule is N#Cc1ccc(S(=O)(=O)NCCCCN=[N+]=[N-])cc1. The van der Waals surface area contributed by atoms with E-state index in [-0.39, 0.29) is 11.4 Å². The van der Waals surface area contributed by atoms with E-state index < -0.39 is 10.0 Å². The van der Waals surface area contributed by atoms with Crippen molar-refractivity contribution in [2.24, 2.45) is 5.11 Å². The van der Waals surface area contributed by atoms with Crippen LogP contribution < -0.4 is 4.72 Å². The molecule has 1 N–H and O–H groups in total. The highest BCUT2D eigenvalue weighted by Crippen LogP contribution is 2.09. The lowest BCUT2D eigenvalue weighted by Crippen LogP contribution is -2.24. The molecule has 1 rings (SSSR count). The van der Waals surface area contributed by atoms with Gasteiger partial charge in [0.25, 0.3) is 0 Å². The third-order valence-corrected chi connectivity index (χ3v) is 3.81. The van der Waals surface area contributed by atoms with Gasteiger partial charge in [-0.3, -0.25) is 0 Å². The zero-order valence-corrected chi connectivity index (χ0v) is 11.0. The maximum Gasteiger partial charge on any atom is 0.240 e. The Morgan fingerprint density at radius 3 is 2.58 bits per heavy atom. The molecule has 0 saturated heterocycles. The molecule has 0 saturated carbocycles. The van der Waals surface area contributed by atoms with Gasteiger partial charge in [-0.15, -0.1) is 0 Å². The topological polar surface area (TPSA) is 119 Å². The lowest BCUT2D eigenvalue weighted by atomic mass is 10.2. The number of azide groups is 1. The predicted octanol–water partition coefficient (Wildman–Crippen LogP) is 1.93. The molecule has 0 aliphatic heterocycles. The molecule has 0 fully saturated rings. The van der Waals surface area contributed by atoms with Crippen LogP contribution in [-0.4, -0.2) is 21.5 Å². The standard InChI is InChI=1S/C11H13N5O2S/c12-9-10-3-5-11(6-4-10)19(17,18)15-8-2-1-7-14-16-13/h3-6,15H,1-2,7-8H2. The molecule has 0 radical (unpaired) electrons. The Bertz CT molecular complexity index is 597. The van der Waals surface area contributed by atoms with Gasteiger partial charge < -0.3 is 0 Å². The summed E-state index contributed by atoms with van der Waals surface area (Å²) >= 11 is 0. The van der Waals surface area contributed by atoms with Crippen molar-refractivity contribution < 1.29 is 8.42 Å².